The zero-order valence-corrected chi connectivity index (χ0v) is 13.2. The molecule has 0 aliphatic carbocycles. The molecule has 0 unspecified atom stereocenters. The Hall–Kier alpha value is -2.08. The first kappa shape index (κ1) is 16.3. The van der Waals surface area contributed by atoms with Gasteiger partial charge in [0.1, 0.15) is 0 Å². The number of amides is 1. The fourth-order valence-electron chi connectivity index (χ4n) is 2.54. The normalized spacial score (nSPS) is 15.7. The van der Waals surface area contributed by atoms with E-state index in [1.807, 2.05) is 18.2 Å². The van der Waals surface area contributed by atoms with Crippen LogP contribution in [0.5, 0.6) is 11.5 Å². The van der Waals surface area contributed by atoms with Crippen LogP contribution in [0.2, 0.25) is 0 Å². The molecule has 1 aliphatic rings. The number of hydrogen-bond acceptors (Lipinski definition) is 5. The molecular weight excluding hydrogens is 282 g/mol. The van der Waals surface area contributed by atoms with Gasteiger partial charge in [0.2, 0.25) is 0 Å². The average Bonchev–Trinajstić information content (AvgIpc) is 2.55. The van der Waals surface area contributed by atoms with Crippen LogP contribution < -0.4 is 14.9 Å². The molecule has 1 N–H and O–H groups in total. The summed E-state index contributed by atoms with van der Waals surface area (Å²) in [5.74, 6) is 1.13. The van der Waals surface area contributed by atoms with Crippen molar-refractivity contribution in [3.05, 3.63) is 23.8 Å². The van der Waals surface area contributed by atoms with Gasteiger partial charge in [0.05, 0.1) is 27.0 Å². The van der Waals surface area contributed by atoms with Gasteiger partial charge in [-0.05, 0) is 38.1 Å². The second-order valence-corrected chi connectivity index (χ2v) is 5.21. The molecule has 0 radical (unpaired) electrons. The van der Waals surface area contributed by atoms with Gasteiger partial charge in [0, 0.05) is 5.56 Å². The molecule has 0 saturated carbocycles. The Morgan fingerprint density at radius 3 is 2.73 bits per heavy atom. The number of hydrazone groups is 1. The van der Waals surface area contributed by atoms with Crippen LogP contribution in [-0.2, 0) is 4.79 Å². The molecule has 1 aromatic carbocycles. The fourth-order valence-corrected chi connectivity index (χ4v) is 2.54. The van der Waals surface area contributed by atoms with E-state index in [0.717, 1.165) is 31.5 Å². The number of benzene rings is 1. The lowest BCUT2D eigenvalue weighted by Gasteiger charge is -2.25. The van der Waals surface area contributed by atoms with Gasteiger partial charge >= 0.3 is 0 Å². The van der Waals surface area contributed by atoms with Gasteiger partial charge in [0.15, 0.2) is 11.5 Å². The largest absolute Gasteiger partial charge is 0.493 e. The van der Waals surface area contributed by atoms with E-state index in [-0.39, 0.29) is 5.91 Å². The van der Waals surface area contributed by atoms with Crippen LogP contribution in [0, 0.1) is 0 Å². The zero-order chi connectivity index (χ0) is 15.8. The Morgan fingerprint density at radius 1 is 1.27 bits per heavy atom. The summed E-state index contributed by atoms with van der Waals surface area (Å²) < 4.78 is 10.5. The van der Waals surface area contributed by atoms with E-state index in [2.05, 4.69) is 15.4 Å². The lowest BCUT2D eigenvalue weighted by molar-refractivity contribution is -0.122. The standard InChI is InChI=1S/C16H23N3O3/c1-21-14-8-6-7-13(16(14)22-2)11-17-18-15(20)12-19-9-4-3-5-10-19/h6-8,11H,3-5,9-10,12H2,1-2H3,(H,18,20)/b17-11-. The Bertz CT molecular complexity index is 525. The monoisotopic (exact) mass is 305 g/mol. The highest BCUT2D eigenvalue weighted by Crippen LogP contribution is 2.29. The number of para-hydroxylation sites is 1. The molecule has 0 spiro atoms. The van der Waals surface area contributed by atoms with E-state index in [1.54, 1.807) is 20.4 Å². The van der Waals surface area contributed by atoms with Crippen molar-refractivity contribution in [3.63, 3.8) is 0 Å². The van der Waals surface area contributed by atoms with E-state index in [0.29, 0.717) is 18.0 Å². The van der Waals surface area contributed by atoms with Crippen molar-refractivity contribution >= 4 is 12.1 Å². The summed E-state index contributed by atoms with van der Waals surface area (Å²) in [5.41, 5.74) is 3.31. The second kappa shape index (κ2) is 8.38. The van der Waals surface area contributed by atoms with E-state index in [1.165, 1.54) is 6.42 Å². The average molecular weight is 305 g/mol. The van der Waals surface area contributed by atoms with Crippen molar-refractivity contribution in [1.82, 2.24) is 10.3 Å². The van der Waals surface area contributed by atoms with Crippen LogP contribution in [0.1, 0.15) is 24.8 Å². The molecule has 0 aromatic heterocycles. The molecule has 1 aromatic rings. The number of nitrogens with one attached hydrogen (secondary N) is 1. The Balaban J connectivity index is 1.90. The Kier molecular flexibility index (Phi) is 6.21. The lowest BCUT2D eigenvalue weighted by atomic mass is 10.1. The summed E-state index contributed by atoms with van der Waals surface area (Å²) in [5, 5.41) is 4.00. The SMILES string of the molecule is COc1cccc(/C=N\NC(=O)CN2CCCCC2)c1OC. The number of carbonyl (C=O) groups excluding carboxylic acids is 1. The minimum absolute atomic E-state index is 0.0972. The molecule has 1 saturated heterocycles. The van der Waals surface area contributed by atoms with Crippen LogP contribution in [0.15, 0.2) is 23.3 Å². The van der Waals surface area contributed by atoms with Crippen molar-refractivity contribution in [2.75, 3.05) is 33.9 Å². The van der Waals surface area contributed by atoms with Crippen molar-refractivity contribution in [1.29, 1.82) is 0 Å². The highest BCUT2D eigenvalue weighted by molar-refractivity contribution is 5.86. The molecule has 1 heterocycles. The van der Waals surface area contributed by atoms with Gasteiger partial charge in [-0.1, -0.05) is 12.5 Å². The smallest absolute Gasteiger partial charge is 0.254 e. The van der Waals surface area contributed by atoms with Crippen molar-refractivity contribution in [2.45, 2.75) is 19.3 Å². The number of rotatable bonds is 6. The summed E-state index contributed by atoms with van der Waals surface area (Å²) in [6, 6.07) is 5.50. The predicted molar refractivity (Wildman–Crippen MR) is 85.6 cm³/mol. The Labute approximate surface area is 131 Å². The maximum atomic E-state index is 11.9. The summed E-state index contributed by atoms with van der Waals surface area (Å²) in [6.07, 6.45) is 5.15. The van der Waals surface area contributed by atoms with Gasteiger partial charge in [-0.25, -0.2) is 5.43 Å². The second-order valence-electron chi connectivity index (χ2n) is 5.21. The molecule has 6 nitrogen and oxygen atoms in total. The quantitative estimate of drug-likeness (QED) is 0.641. The van der Waals surface area contributed by atoms with E-state index >= 15 is 0 Å². The van der Waals surface area contributed by atoms with Gasteiger partial charge in [0.25, 0.3) is 5.91 Å². The van der Waals surface area contributed by atoms with Crippen LogP contribution in [-0.4, -0.2) is 50.9 Å². The minimum atomic E-state index is -0.0972. The highest BCUT2D eigenvalue weighted by Gasteiger charge is 2.13. The molecule has 0 bridgehead atoms. The predicted octanol–water partition coefficient (Wildman–Crippen LogP) is 1.64. The van der Waals surface area contributed by atoms with Crippen LogP contribution in [0.4, 0.5) is 0 Å². The van der Waals surface area contributed by atoms with E-state index in [9.17, 15) is 4.79 Å². The number of carbonyl (C=O) groups is 1. The fraction of sp³-hybridized carbons (Fsp3) is 0.500. The number of likely N-dealkylation sites (tertiary alicyclic amines) is 1. The van der Waals surface area contributed by atoms with Crippen molar-refractivity contribution in [2.24, 2.45) is 5.10 Å². The molecule has 1 fully saturated rings. The maximum absolute atomic E-state index is 11.9. The first-order valence-electron chi connectivity index (χ1n) is 7.50. The minimum Gasteiger partial charge on any atom is -0.493 e. The summed E-state index contributed by atoms with van der Waals surface area (Å²) >= 11 is 0. The highest BCUT2D eigenvalue weighted by atomic mass is 16.5. The molecule has 22 heavy (non-hydrogen) atoms. The van der Waals surface area contributed by atoms with Crippen LogP contribution >= 0.6 is 0 Å². The number of ether oxygens (including phenoxy) is 2. The number of methoxy groups -OCH3 is 2. The molecule has 1 aliphatic heterocycles. The summed E-state index contributed by atoms with van der Waals surface area (Å²) in [6.45, 7) is 2.37. The maximum Gasteiger partial charge on any atom is 0.254 e. The summed E-state index contributed by atoms with van der Waals surface area (Å²) in [7, 11) is 3.16. The number of piperidine rings is 1. The first-order valence-corrected chi connectivity index (χ1v) is 7.50. The van der Waals surface area contributed by atoms with Crippen molar-refractivity contribution in [3.8, 4) is 11.5 Å². The topological polar surface area (TPSA) is 63.2 Å². The third-order valence-corrected chi connectivity index (χ3v) is 3.64. The molecule has 0 atom stereocenters. The van der Waals surface area contributed by atoms with Crippen LogP contribution in [0.25, 0.3) is 0 Å². The first-order chi connectivity index (χ1) is 10.7. The third-order valence-electron chi connectivity index (χ3n) is 3.64. The number of hydrogen-bond donors (Lipinski definition) is 1. The molecule has 2 rings (SSSR count). The Morgan fingerprint density at radius 2 is 2.05 bits per heavy atom. The van der Waals surface area contributed by atoms with Gasteiger partial charge in [-0.15, -0.1) is 0 Å². The van der Waals surface area contributed by atoms with Gasteiger partial charge in [-0.2, -0.15) is 5.10 Å². The molecule has 120 valence electrons. The summed E-state index contributed by atoms with van der Waals surface area (Å²) in [4.78, 5) is 14.0. The zero-order valence-electron chi connectivity index (χ0n) is 13.2. The molecular formula is C16H23N3O3. The molecule has 1 amide bonds. The van der Waals surface area contributed by atoms with Crippen LogP contribution in [0.3, 0.4) is 0 Å². The van der Waals surface area contributed by atoms with E-state index in [4.69, 9.17) is 9.47 Å². The van der Waals surface area contributed by atoms with Gasteiger partial charge < -0.3 is 9.47 Å². The third kappa shape index (κ3) is 4.46. The number of nitrogens with zero attached hydrogens (tertiary/aromatic N) is 2. The van der Waals surface area contributed by atoms with Crippen molar-refractivity contribution < 1.29 is 14.3 Å². The molecule has 6 heteroatoms. The lowest BCUT2D eigenvalue weighted by Crippen LogP contribution is -2.38. The van der Waals surface area contributed by atoms with E-state index < -0.39 is 0 Å². The van der Waals surface area contributed by atoms with Gasteiger partial charge in [-0.3, -0.25) is 9.69 Å².